The highest BCUT2D eigenvalue weighted by Gasteiger charge is 2.23. The van der Waals surface area contributed by atoms with Crippen LogP contribution < -0.4 is 5.32 Å². The van der Waals surface area contributed by atoms with Gasteiger partial charge in [-0.3, -0.25) is 0 Å². The maximum absolute atomic E-state index is 5.40. The smallest absolute Gasteiger partial charge is 0.120 e. The molecule has 1 aliphatic carbocycles. The van der Waals surface area contributed by atoms with Crippen LogP contribution in [-0.4, -0.2) is 6.04 Å². The summed E-state index contributed by atoms with van der Waals surface area (Å²) in [6.45, 7) is 4.47. The Morgan fingerprint density at radius 1 is 1.33 bits per heavy atom. The molecule has 1 N–H and O–H groups in total. The normalized spacial score (nSPS) is 21.7. The van der Waals surface area contributed by atoms with Crippen LogP contribution in [0.4, 0.5) is 0 Å². The van der Waals surface area contributed by atoms with Crippen molar-refractivity contribution in [2.45, 2.75) is 51.6 Å². The number of nitrogens with one attached hydrogen (secondary N) is 1. The minimum atomic E-state index is 0.329. The van der Waals surface area contributed by atoms with Crippen molar-refractivity contribution < 1.29 is 4.42 Å². The second-order valence-electron chi connectivity index (χ2n) is 4.74. The van der Waals surface area contributed by atoms with E-state index in [1.165, 1.54) is 25.7 Å². The zero-order valence-electron chi connectivity index (χ0n) is 9.70. The Morgan fingerprint density at radius 3 is 2.67 bits per heavy atom. The van der Waals surface area contributed by atoms with Crippen LogP contribution in [0.15, 0.2) is 22.8 Å². The standard InChI is InChI=1S/C13H21NO/c1-10(12-6-3-4-7-12)14-11(2)13-8-5-9-15-13/h5,8-12,14H,3-4,6-7H2,1-2H3/t10?,11-/m0/s1. The second kappa shape index (κ2) is 4.84. The molecule has 1 saturated carbocycles. The Morgan fingerprint density at radius 2 is 2.07 bits per heavy atom. The molecule has 1 unspecified atom stereocenters. The highest BCUT2D eigenvalue weighted by Crippen LogP contribution is 2.28. The third-order valence-electron chi connectivity index (χ3n) is 3.59. The molecule has 1 aromatic heterocycles. The maximum atomic E-state index is 5.40. The van der Waals surface area contributed by atoms with E-state index in [1.54, 1.807) is 6.26 Å². The molecule has 1 aromatic rings. The van der Waals surface area contributed by atoms with Gasteiger partial charge in [-0.25, -0.2) is 0 Å². The van der Waals surface area contributed by atoms with Gasteiger partial charge in [0.1, 0.15) is 5.76 Å². The van der Waals surface area contributed by atoms with Crippen molar-refractivity contribution in [3.05, 3.63) is 24.2 Å². The topological polar surface area (TPSA) is 25.2 Å². The van der Waals surface area contributed by atoms with Crippen LogP contribution in [0.3, 0.4) is 0 Å². The van der Waals surface area contributed by atoms with E-state index in [9.17, 15) is 0 Å². The highest BCUT2D eigenvalue weighted by atomic mass is 16.3. The van der Waals surface area contributed by atoms with Crippen LogP contribution in [-0.2, 0) is 0 Å². The molecular formula is C13H21NO. The molecule has 1 aliphatic rings. The molecule has 0 amide bonds. The van der Waals surface area contributed by atoms with E-state index in [2.05, 4.69) is 19.2 Å². The van der Waals surface area contributed by atoms with Gasteiger partial charge < -0.3 is 9.73 Å². The van der Waals surface area contributed by atoms with Crippen LogP contribution in [0.5, 0.6) is 0 Å². The van der Waals surface area contributed by atoms with Gasteiger partial charge in [-0.1, -0.05) is 12.8 Å². The van der Waals surface area contributed by atoms with Crippen LogP contribution >= 0.6 is 0 Å². The summed E-state index contributed by atoms with van der Waals surface area (Å²) < 4.78 is 5.40. The minimum absolute atomic E-state index is 0.329. The van der Waals surface area contributed by atoms with E-state index in [4.69, 9.17) is 4.42 Å². The monoisotopic (exact) mass is 207 g/mol. The molecule has 1 heterocycles. The minimum Gasteiger partial charge on any atom is -0.468 e. The molecule has 2 atom stereocenters. The lowest BCUT2D eigenvalue weighted by molar-refractivity contribution is 0.327. The summed E-state index contributed by atoms with van der Waals surface area (Å²) in [6, 6.07) is 4.93. The van der Waals surface area contributed by atoms with Gasteiger partial charge >= 0.3 is 0 Å². The van der Waals surface area contributed by atoms with E-state index in [0.29, 0.717) is 12.1 Å². The molecule has 2 heteroatoms. The summed E-state index contributed by atoms with van der Waals surface area (Å²) in [5.74, 6) is 1.90. The fraction of sp³-hybridized carbons (Fsp3) is 0.692. The fourth-order valence-electron chi connectivity index (χ4n) is 2.61. The molecule has 2 rings (SSSR count). The molecule has 1 fully saturated rings. The third-order valence-corrected chi connectivity index (χ3v) is 3.59. The van der Waals surface area contributed by atoms with Crippen LogP contribution in [0.1, 0.15) is 51.3 Å². The first-order valence-corrected chi connectivity index (χ1v) is 6.07. The average Bonchev–Trinajstić information content (AvgIpc) is 2.91. The summed E-state index contributed by atoms with van der Waals surface area (Å²) in [5.41, 5.74) is 0. The predicted octanol–water partition coefficient (Wildman–Crippen LogP) is 3.51. The largest absolute Gasteiger partial charge is 0.468 e. The number of rotatable bonds is 4. The number of hydrogen-bond acceptors (Lipinski definition) is 2. The Hall–Kier alpha value is -0.760. The Kier molecular flexibility index (Phi) is 3.47. The van der Waals surface area contributed by atoms with Crippen LogP contribution in [0.2, 0.25) is 0 Å². The summed E-state index contributed by atoms with van der Waals surface area (Å²) in [7, 11) is 0. The molecule has 0 saturated heterocycles. The highest BCUT2D eigenvalue weighted by molar-refractivity contribution is 5.03. The Balaban J connectivity index is 1.85. The van der Waals surface area contributed by atoms with Gasteiger partial charge in [0.2, 0.25) is 0 Å². The summed E-state index contributed by atoms with van der Waals surface area (Å²) >= 11 is 0. The zero-order chi connectivity index (χ0) is 10.7. The van der Waals surface area contributed by atoms with Crippen LogP contribution in [0.25, 0.3) is 0 Å². The Labute approximate surface area is 92.1 Å². The van der Waals surface area contributed by atoms with Crippen molar-refractivity contribution in [1.29, 1.82) is 0 Å². The first-order chi connectivity index (χ1) is 7.27. The molecule has 0 radical (unpaired) electrons. The van der Waals surface area contributed by atoms with Gasteiger partial charge in [0.25, 0.3) is 0 Å². The maximum Gasteiger partial charge on any atom is 0.120 e. The number of hydrogen-bond donors (Lipinski definition) is 1. The quantitative estimate of drug-likeness (QED) is 0.817. The third kappa shape index (κ3) is 2.63. The first-order valence-electron chi connectivity index (χ1n) is 6.07. The lowest BCUT2D eigenvalue weighted by Gasteiger charge is -2.23. The van der Waals surface area contributed by atoms with Gasteiger partial charge in [-0.2, -0.15) is 0 Å². The molecule has 0 aliphatic heterocycles. The molecule has 2 nitrogen and oxygen atoms in total. The van der Waals surface area contributed by atoms with Crippen molar-refractivity contribution in [2.75, 3.05) is 0 Å². The van der Waals surface area contributed by atoms with Gasteiger partial charge in [-0.05, 0) is 44.7 Å². The summed E-state index contributed by atoms with van der Waals surface area (Å²) in [6.07, 6.45) is 7.34. The van der Waals surface area contributed by atoms with E-state index in [1.807, 2.05) is 12.1 Å². The number of furan rings is 1. The lowest BCUT2D eigenvalue weighted by atomic mass is 9.99. The predicted molar refractivity (Wildman–Crippen MR) is 61.7 cm³/mol. The molecule has 15 heavy (non-hydrogen) atoms. The van der Waals surface area contributed by atoms with Gasteiger partial charge in [0.15, 0.2) is 0 Å². The van der Waals surface area contributed by atoms with Crippen molar-refractivity contribution in [2.24, 2.45) is 5.92 Å². The molecule has 0 aromatic carbocycles. The summed E-state index contributed by atoms with van der Waals surface area (Å²) in [5, 5.41) is 3.63. The van der Waals surface area contributed by atoms with Crippen LogP contribution in [0, 0.1) is 5.92 Å². The van der Waals surface area contributed by atoms with Crippen molar-refractivity contribution in [3.63, 3.8) is 0 Å². The molecule has 84 valence electrons. The lowest BCUT2D eigenvalue weighted by Crippen LogP contribution is -2.34. The SMILES string of the molecule is CC(N[C@@H](C)c1ccco1)C1CCCC1. The van der Waals surface area contributed by atoms with E-state index < -0.39 is 0 Å². The van der Waals surface area contributed by atoms with E-state index in [0.717, 1.165) is 11.7 Å². The fourth-order valence-corrected chi connectivity index (χ4v) is 2.61. The van der Waals surface area contributed by atoms with E-state index in [-0.39, 0.29) is 0 Å². The van der Waals surface area contributed by atoms with Gasteiger partial charge in [0.05, 0.1) is 12.3 Å². The first kappa shape index (κ1) is 10.7. The second-order valence-corrected chi connectivity index (χ2v) is 4.74. The van der Waals surface area contributed by atoms with Gasteiger partial charge in [-0.15, -0.1) is 0 Å². The summed E-state index contributed by atoms with van der Waals surface area (Å²) in [4.78, 5) is 0. The molecule has 0 bridgehead atoms. The van der Waals surface area contributed by atoms with E-state index >= 15 is 0 Å². The van der Waals surface area contributed by atoms with Crippen molar-refractivity contribution in [1.82, 2.24) is 5.32 Å². The van der Waals surface area contributed by atoms with Gasteiger partial charge in [0, 0.05) is 6.04 Å². The zero-order valence-corrected chi connectivity index (χ0v) is 9.70. The van der Waals surface area contributed by atoms with Crippen molar-refractivity contribution >= 4 is 0 Å². The average molecular weight is 207 g/mol. The molecular weight excluding hydrogens is 186 g/mol. The molecule has 0 spiro atoms. The van der Waals surface area contributed by atoms with Crippen molar-refractivity contribution in [3.8, 4) is 0 Å². The Bertz CT molecular complexity index is 275.